The zero-order chi connectivity index (χ0) is 13.7. The Hall–Kier alpha value is -1.09. The highest BCUT2D eigenvalue weighted by Crippen LogP contribution is 2.38. The van der Waals surface area contributed by atoms with Crippen molar-refractivity contribution in [2.45, 2.75) is 52.0 Å². The fourth-order valence-corrected chi connectivity index (χ4v) is 3.37. The van der Waals surface area contributed by atoms with Gasteiger partial charge in [-0.1, -0.05) is 39.2 Å². The second kappa shape index (κ2) is 6.90. The topological polar surface area (TPSA) is 50.9 Å². The second-order valence-electron chi connectivity index (χ2n) is 5.70. The maximum Gasteiger partial charge on any atom is 0.128 e. The van der Waals surface area contributed by atoms with E-state index in [9.17, 15) is 0 Å². The van der Waals surface area contributed by atoms with Crippen LogP contribution < -0.4 is 11.1 Å². The van der Waals surface area contributed by atoms with Crippen molar-refractivity contribution < 1.29 is 0 Å². The number of nitrogen functional groups attached to an aromatic ring is 1. The molecule has 0 amide bonds. The van der Waals surface area contributed by atoms with E-state index in [2.05, 4.69) is 30.2 Å². The van der Waals surface area contributed by atoms with Crippen molar-refractivity contribution in [2.24, 2.45) is 11.8 Å². The van der Waals surface area contributed by atoms with Crippen LogP contribution >= 0.6 is 0 Å². The lowest BCUT2D eigenvalue weighted by molar-refractivity contribution is 0.220. The molecule has 1 saturated carbocycles. The van der Waals surface area contributed by atoms with E-state index in [1.54, 1.807) is 6.20 Å². The van der Waals surface area contributed by atoms with Crippen LogP contribution in [0.3, 0.4) is 0 Å². The molecule has 3 heteroatoms. The molecule has 0 bridgehead atoms. The van der Waals surface area contributed by atoms with Gasteiger partial charge in [-0.2, -0.15) is 0 Å². The quantitative estimate of drug-likeness (QED) is 0.852. The summed E-state index contributed by atoms with van der Waals surface area (Å²) in [6, 6.07) is 4.49. The van der Waals surface area contributed by atoms with Crippen molar-refractivity contribution in [1.29, 1.82) is 0 Å². The van der Waals surface area contributed by atoms with E-state index < -0.39 is 0 Å². The van der Waals surface area contributed by atoms with Gasteiger partial charge >= 0.3 is 0 Å². The van der Waals surface area contributed by atoms with Gasteiger partial charge in [-0.15, -0.1) is 0 Å². The summed E-state index contributed by atoms with van der Waals surface area (Å²) in [5.41, 5.74) is 7.25. The van der Waals surface area contributed by atoms with Gasteiger partial charge in [-0.3, -0.25) is 0 Å². The molecule has 0 aliphatic heterocycles. The Kier molecular flexibility index (Phi) is 5.20. The number of nitrogens with zero attached hydrogens (tertiary/aromatic N) is 1. The predicted molar refractivity (Wildman–Crippen MR) is 80.8 cm³/mol. The minimum Gasteiger partial charge on any atom is -0.383 e. The molecule has 1 atom stereocenters. The molecule has 0 radical (unpaired) electrons. The number of rotatable bonds is 5. The molecule has 1 aliphatic carbocycles. The van der Waals surface area contributed by atoms with Crippen molar-refractivity contribution in [2.75, 3.05) is 12.3 Å². The van der Waals surface area contributed by atoms with Crippen LogP contribution in [-0.2, 0) is 0 Å². The molecule has 2 rings (SSSR count). The highest BCUT2D eigenvalue weighted by Gasteiger charge is 2.28. The molecular weight excluding hydrogens is 234 g/mol. The normalized spacial score (nSPS) is 25.2. The van der Waals surface area contributed by atoms with Gasteiger partial charge < -0.3 is 11.1 Å². The molecule has 106 valence electrons. The van der Waals surface area contributed by atoms with Crippen molar-refractivity contribution in [1.82, 2.24) is 10.3 Å². The third-order valence-electron chi connectivity index (χ3n) is 4.57. The average Bonchev–Trinajstić information content (AvgIpc) is 2.46. The van der Waals surface area contributed by atoms with Crippen LogP contribution in [-0.4, -0.2) is 11.5 Å². The summed E-state index contributed by atoms with van der Waals surface area (Å²) in [6.45, 7) is 5.45. The van der Waals surface area contributed by atoms with Gasteiger partial charge in [-0.25, -0.2) is 4.98 Å². The maximum absolute atomic E-state index is 6.06. The van der Waals surface area contributed by atoms with Gasteiger partial charge in [0.25, 0.3) is 0 Å². The first-order valence-corrected chi connectivity index (χ1v) is 7.70. The first-order valence-electron chi connectivity index (χ1n) is 7.70. The van der Waals surface area contributed by atoms with Gasteiger partial charge in [0.15, 0.2) is 0 Å². The van der Waals surface area contributed by atoms with E-state index in [0.717, 1.165) is 12.5 Å². The molecular formula is C16H27N3. The van der Waals surface area contributed by atoms with Gasteiger partial charge in [-0.05, 0) is 37.3 Å². The Morgan fingerprint density at radius 3 is 2.63 bits per heavy atom. The molecule has 3 nitrogen and oxygen atoms in total. The molecule has 3 N–H and O–H groups in total. The van der Waals surface area contributed by atoms with Crippen LogP contribution in [0.2, 0.25) is 0 Å². The lowest BCUT2D eigenvalue weighted by atomic mass is 9.76. The van der Waals surface area contributed by atoms with Crippen LogP contribution in [0.25, 0.3) is 0 Å². The van der Waals surface area contributed by atoms with E-state index in [4.69, 9.17) is 5.73 Å². The lowest BCUT2D eigenvalue weighted by Gasteiger charge is -2.34. The van der Waals surface area contributed by atoms with Gasteiger partial charge in [0.2, 0.25) is 0 Å². The number of aromatic nitrogens is 1. The second-order valence-corrected chi connectivity index (χ2v) is 5.70. The summed E-state index contributed by atoms with van der Waals surface area (Å²) in [5.74, 6) is 2.32. The first-order chi connectivity index (χ1) is 9.26. The Morgan fingerprint density at radius 2 is 2.05 bits per heavy atom. The number of nitrogens with one attached hydrogen (secondary N) is 1. The summed E-state index contributed by atoms with van der Waals surface area (Å²) < 4.78 is 0. The third kappa shape index (κ3) is 3.47. The fourth-order valence-electron chi connectivity index (χ4n) is 3.37. The van der Waals surface area contributed by atoms with Gasteiger partial charge in [0, 0.05) is 17.8 Å². The van der Waals surface area contributed by atoms with Crippen LogP contribution in [0.4, 0.5) is 5.82 Å². The standard InChI is InChI=1S/C16H27N3/c1-3-12-7-9-13(10-8-12)15(18-4-2)14-6-5-11-19-16(14)17/h5-6,11-13,15,18H,3-4,7-10H2,1-2H3,(H2,17,19). The van der Waals surface area contributed by atoms with Crippen molar-refractivity contribution in [3.05, 3.63) is 23.9 Å². The lowest BCUT2D eigenvalue weighted by Crippen LogP contribution is -2.31. The molecule has 1 fully saturated rings. The fraction of sp³-hybridized carbons (Fsp3) is 0.688. The monoisotopic (exact) mass is 261 g/mol. The largest absolute Gasteiger partial charge is 0.383 e. The zero-order valence-corrected chi connectivity index (χ0v) is 12.2. The highest BCUT2D eigenvalue weighted by atomic mass is 14.9. The van der Waals surface area contributed by atoms with Crippen LogP contribution in [0, 0.1) is 11.8 Å². The number of pyridine rings is 1. The van der Waals surface area contributed by atoms with Gasteiger partial charge in [0.05, 0.1) is 0 Å². The number of hydrogen-bond donors (Lipinski definition) is 2. The van der Waals surface area contributed by atoms with Crippen molar-refractivity contribution in [3.63, 3.8) is 0 Å². The van der Waals surface area contributed by atoms with Gasteiger partial charge in [0.1, 0.15) is 5.82 Å². The molecule has 0 spiro atoms. The maximum atomic E-state index is 6.06. The predicted octanol–water partition coefficient (Wildman–Crippen LogP) is 3.53. The summed E-state index contributed by atoms with van der Waals surface area (Å²) >= 11 is 0. The molecule has 1 unspecified atom stereocenters. The third-order valence-corrected chi connectivity index (χ3v) is 4.57. The number of anilines is 1. The summed E-state index contributed by atoms with van der Waals surface area (Å²) in [4.78, 5) is 4.25. The molecule has 19 heavy (non-hydrogen) atoms. The van der Waals surface area contributed by atoms with Crippen LogP contribution in [0.1, 0.15) is 57.6 Å². The van der Waals surface area contributed by atoms with Crippen molar-refractivity contribution >= 4 is 5.82 Å². The summed E-state index contributed by atoms with van der Waals surface area (Å²) in [6.07, 6.45) is 8.45. The Balaban J connectivity index is 2.10. The molecule has 1 aromatic rings. The Bertz CT molecular complexity index is 383. The van der Waals surface area contributed by atoms with Crippen LogP contribution in [0.15, 0.2) is 18.3 Å². The minimum atomic E-state index is 0.372. The summed E-state index contributed by atoms with van der Waals surface area (Å²) in [5, 5.41) is 3.62. The summed E-state index contributed by atoms with van der Waals surface area (Å²) in [7, 11) is 0. The smallest absolute Gasteiger partial charge is 0.128 e. The molecule has 1 aliphatic rings. The van der Waals surface area contributed by atoms with E-state index >= 15 is 0 Å². The molecule has 0 saturated heterocycles. The Labute approximate surface area is 117 Å². The van der Waals surface area contributed by atoms with Crippen molar-refractivity contribution in [3.8, 4) is 0 Å². The van der Waals surface area contributed by atoms with E-state index in [1.165, 1.54) is 37.7 Å². The first kappa shape index (κ1) is 14.3. The number of nitrogens with two attached hydrogens (primary N) is 1. The average molecular weight is 261 g/mol. The highest BCUT2D eigenvalue weighted by molar-refractivity contribution is 5.41. The zero-order valence-electron chi connectivity index (χ0n) is 12.2. The molecule has 1 aromatic heterocycles. The van der Waals surface area contributed by atoms with E-state index in [-0.39, 0.29) is 0 Å². The SMILES string of the molecule is CCNC(c1cccnc1N)C1CCC(CC)CC1. The minimum absolute atomic E-state index is 0.372. The molecule has 1 heterocycles. The molecule has 0 aromatic carbocycles. The van der Waals surface area contributed by atoms with Crippen LogP contribution in [0.5, 0.6) is 0 Å². The number of hydrogen-bond acceptors (Lipinski definition) is 3. The Morgan fingerprint density at radius 1 is 1.32 bits per heavy atom. The van der Waals surface area contributed by atoms with E-state index in [1.807, 2.05) is 6.07 Å². The van der Waals surface area contributed by atoms with E-state index in [0.29, 0.717) is 17.8 Å².